The number of carbonyl (C=O) groups is 2. The van der Waals surface area contributed by atoms with Crippen molar-refractivity contribution in [2.45, 2.75) is 26.6 Å². The van der Waals surface area contributed by atoms with E-state index in [9.17, 15) is 9.59 Å². The maximum atomic E-state index is 13.1. The van der Waals surface area contributed by atoms with E-state index < -0.39 is 14.0 Å². The van der Waals surface area contributed by atoms with E-state index >= 15 is 0 Å². The minimum atomic E-state index is -1.52. The van der Waals surface area contributed by atoms with Gasteiger partial charge in [0.1, 0.15) is 14.0 Å². The molecule has 1 aliphatic rings. The zero-order chi connectivity index (χ0) is 19.8. The van der Waals surface area contributed by atoms with E-state index in [0.29, 0.717) is 11.4 Å². The molecule has 0 radical (unpaired) electrons. The van der Waals surface area contributed by atoms with E-state index in [2.05, 4.69) is 31.1 Å². The normalized spacial score (nSPS) is 17.1. The monoisotopic (exact) mass is 376 g/mol. The van der Waals surface area contributed by atoms with Crippen molar-refractivity contribution in [3.8, 4) is 11.5 Å². The summed E-state index contributed by atoms with van der Waals surface area (Å²) in [5.74, 6) is 2.06. The molecule has 0 spiro atoms. The second-order valence-electron chi connectivity index (χ2n) is 7.83. The van der Waals surface area contributed by atoms with Crippen LogP contribution in [0.5, 0.6) is 0 Å². The van der Waals surface area contributed by atoms with E-state index in [-0.39, 0.29) is 11.8 Å². The molecule has 5 heteroatoms. The lowest BCUT2D eigenvalue weighted by Crippen LogP contribution is -2.37. The molecule has 2 amide bonds. The van der Waals surface area contributed by atoms with Gasteiger partial charge in [0.25, 0.3) is 0 Å². The highest BCUT2D eigenvalue weighted by Crippen LogP contribution is 2.39. The Morgan fingerprint density at radius 1 is 0.926 bits per heavy atom. The Balaban J connectivity index is 2.22. The lowest BCUT2D eigenvalue weighted by atomic mass is 10.1. The molecule has 0 N–H and O–H groups in total. The summed E-state index contributed by atoms with van der Waals surface area (Å²) in [6, 6.07) is 15.1. The van der Waals surface area contributed by atoms with Crippen LogP contribution in [0.2, 0.25) is 19.6 Å². The number of benzene rings is 2. The Kier molecular flexibility index (Phi) is 4.94. The van der Waals surface area contributed by atoms with Crippen LogP contribution in [0.1, 0.15) is 12.5 Å². The number of carbonyl (C=O) groups excluding carboxylic acids is 2. The van der Waals surface area contributed by atoms with Crippen LogP contribution in [0.4, 0.5) is 17.1 Å². The van der Waals surface area contributed by atoms with Gasteiger partial charge < -0.3 is 4.90 Å². The summed E-state index contributed by atoms with van der Waals surface area (Å²) in [5.41, 5.74) is 6.35. The van der Waals surface area contributed by atoms with Crippen LogP contribution in [0.15, 0.2) is 48.5 Å². The molecule has 27 heavy (non-hydrogen) atoms. The Bertz CT molecular complexity index is 952. The van der Waals surface area contributed by atoms with E-state index in [0.717, 1.165) is 11.3 Å². The van der Waals surface area contributed by atoms with Crippen molar-refractivity contribution in [2.75, 3.05) is 16.8 Å². The second kappa shape index (κ2) is 7.05. The number of fused-ring (bicyclic) bond motifs is 1. The number of hydrogen-bond acceptors (Lipinski definition) is 2. The molecule has 0 fully saturated rings. The molecule has 0 saturated carbocycles. The van der Waals surface area contributed by atoms with Crippen molar-refractivity contribution in [2.24, 2.45) is 5.92 Å². The Hall–Kier alpha value is -2.84. The molecule has 1 atom stereocenters. The van der Waals surface area contributed by atoms with E-state index in [1.165, 1.54) is 0 Å². The lowest BCUT2D eigenvalue weighted by Gasteiger charge is -2.24. The Morgan fingerprint density at radius 3 is 2.22 bits per heavy atom. The van der Waals surface area contributed by atoms with Gasteiger partial charge in [-0.3, -0.25) is 14.5 Å². The van der Waals surface area contributed by atoms with Crippen LogP contribution >= 0.6 is 0 Å². The van der Waals surface area contributed by atoms with Gasteiger partial charge in [0, 0.05) is 18.3 Å². The molecule has 0 saturated heterocycles. The van der Waals surface area contributed by atoms with Gasteiger partial charge in [0.15, 0.2) is 0 Å². The summed E-state index contributed by atoms with van der Waals surface area (Å²) in [6.07, 6.45) is 0. The maximum Gasteiger partial charge on any atom is 0.243 e. The van der Waals surface area contributed by atoms with Crippen LogP contribution in [-0.4, -0.2) is 26.9 Å². The fourth-order valence-electron chi connectivity index (χ4n) is 2.99. The standard InChI is InChI=1S/C22H24N2O2Si/c1-16-21(25)23(2)19-12-11-17(13-14-27(3,4)5)15-20(19)24(22(16)26)18-9-7-6-8-10-18/h6-12,15-16H,1-5H3. The third-order valence-corrected chi connectivity index (χ3v) is 5.34. The molecular weight excluding hydrogens is 352 g/mol. The molecule has 1 heterocycles. The van der Waals surface area contributed by atoms with Gasteiger partial charge in [-0.15, -0.1) is 5.54 Å². The van der Waals surface area contributed by atoms with Gasteiger partial charge in [-0.2, -0.15) is 0 Å². The van der Waals surface area contributed by atoms with Gasteiger partial charge in [-0.1, -0.05) is 43.8 Å². The van der Waals surface area contributed by atoms with Crippen molar-refractivity contribution < 1.29 is 9.59 Å². The second-order valence-corrected chi connectivity index (χ2v) is 12.6. The van der Waals surface area contributed by atoms with E-state index in [1.807, 2.05) is 48.5 Å². The predicted molar refractivity (Wildman–Crippen MR) is 113 cm³/mol. The summed E-state index contributed by atoms with van der Waals surface area (Å²) in [7, 11) is 0.194. The SMILES string of the molecule is CC1C(=O)N(C)c2ccc(C#C[Si](C)(C)C)cc2N(c2ccccc2)C1=O. The minimum absolute atomic E-state index is 0.208. The van der Waals surface area contributed by atoms with Gasteiger partial charge in [-0.05, 0) is 37.3 Å². The van der Waals surface area contributed by atoms with Crippen molar-refractivity contribution in [1.82, 2.24) is 0 Å². The highest BCUT2D eigenvalue weighted by atomic mass is 28.3. The molecule has 1 aliphatic heterocycles. The number of rotatable bonds is 1. The summed E-state index contributed by atoms with van der Waals surface area (Å²) in [6.45, 7) is 8.24. The zero-order valence-electron chi connectivity index (χ0n) is 16.4. The Labute approximate surface area is 161 Å². The van der Waals surface area contributed by atoms with Gasteiger partial charge in [-0.25, -0.2) is 0 Å². The largest absolute Gasteiger partial charge is 0.313 e. The van der Waals surface area contributed by atoms with Crippen LogP contribution in [0.25, 0.3) is 0 Å². The minimum Gasteiger partial charge on any atom is -0.313 e. The van der Waals surface area contributed by atoms with Gasteiger partial charge >= 0.3 is 0 Å². The summed E-state index contributed by atoms with van der Waals surface area (Å²) >= 11 is 0. The summed E-state index contributed by atoms with van der Waals surface area (Å²) in [4.78, 5) is 29.0. The molecule has 138 valence electrons. The number of para-hydroxylation sites is 1. The number of nitrogens with zero attached hydrogens (tertiary/aromatic N) is 2. The fraction of sp³-hybridized carbons (Fsp3) is 0.273. The van der Waals surface area contributed by atoms with Gasteiger partial charge in [0.2, 0.25) is 11.8 Å². The van der Waals surface area contributed by atoms with Crippen molar-refractivity contribution in [3.05, 3.63) is 54.1 Å². The predicted octanol–water partition coefficient (Wildman–Crippen LogP) is 4.19. The zero-order valence-corrected chi connectivity index (χ0v) is 17.4. The molecule has 0 aliphatic carbocycles. The average molecular weight is 377 g/mol. The third kappa shape index (κ3) is 3.81. The first-order chi connectivity index (χ1) is 12.7. The van der Waals surface area contributed by atoms with Crippen molar-refractivity contribution >= 4 is 37.0 Å². The lowest BCUT2D eigenvalue weighted by molar-refractivity contribution is -0.130. The quantitative estimate of drug-likeness (QED) is 0.425. The van der Waals surface area contributed by atoms with Crippen LogP contribution < -0.4 is 9.80 Å². The first-order valence-corrected chi connectivity index (χ1v) is 12.5. The molecule has 4 nitrogen and oxygen atoms in total. The molecule has 0 bridgehead atoms. The summed E-state index contributed by atoms with van der Waals surface area (Å²) in [5, 5.41) is 0. The molecular formula is C22H24N2O2Si. The Morgan fingerprint density at radius 2 is 1.59 bits per heavy atom. The summed E-state index contributed by atoms with van der Waals surface area (Å²) < 4.78 is 0. The number of hydrogen-bond donors (Lipinski definition) is 0. The molecule has 0 aromatic heterocycles. The first kappa shape index (κ1) is 18.9. The van der Waals surface area contributed by atoms with Crippen LogP contribution in [0, 0.1) is 17.4 Å². The highest BCUT2D eigenvalue weighted by Gasteiger charge is 2.36. The third-order valence-electron chi connectivity index (χ3n) is 4.47. The topological polar surface area (TPSA) is 40.6 Å². The van der Waals surface area contributed by atoms with Crippen molar-refractivity contribution in [1.29, 1.82) is 0 Å². The molecule has 2 aromatic carbocycles. The number of amides is 2. The van der Waals surface area contributed by atoms with Crippen LogP contribution in [-0.2, 0) is 9.59 Å². The van der Waals surface area contributed by atoms with Crippen molar-refractivity contribution in [3.63, 3.8) is 0 Å². The fourth-order valence-corrected chi connectivity index (χ4v) is 3.51. The first-order valence-electron chi connectivity index (χ1n) is 9.03. The molecule has 3 rings (SSSR count). The van der Waals surface area contributed by atoms with E-state index in [4.69, 9.17) is 0 Å². The average Bonchev–Trinajstić information content (AvgIpc) is 2.70. The van der Waals surface area contributed by atoms with E-state index in [1.54, 1.807) is 23.8 Å². The maximum absolute atomic E-state index is 13.1. The smallest absolute Gasteiger partial charge is 0.243 e. The van der Waals surface area contributed by atoms with Gasteiger partial charge in [0.05, 0.1) is 11.4 Å². The van der Waals surface area contributed by atoms with Crippen LogP contribution in [0.3, 0.4) is 0 Å². The number of anilines is 3. The molecule has 1 unspecified atom stereocenters. The molecule has 2 aromatic rings. The highest BCUT2D eigenvalue weighted by molar-refractivity contribution is 6.83.